The van der Waals surface area contributed by atoms with Gasteiger partial charge in [0.25, 0.3) is 0 Å². The summed E-state index contributed by atoms with van der Waals surface area (Å²) in [6.07, 6.45) is -2.78. The second-order valence-corrected chi connectivity index (χ2v) is 6.98. The number of thioether (sulfide) groups is 1. The Bertz CT molecular complexity index is 789. The summed E-state index contributed by atoms with van der Waals surface area (Å²) in [5.74, 6) is -0.100. The topological polar surface area (TPSA) is 59.8 Å². The molecule has 0 fully saturated rings. The quantitative estimate of drug-likeness (QED) is 0.585. The number of carbonyl (C=O) groups excluding carboxylic acids is 1. The number of nitrogens with one attached hydrogen (secondary N) is 1. The Kier molecular flexibility index (Phi) is 6.47. The molecule has 0 aliphatic rings. The second kappa shape index (κ2) is 8.39. The van der Waals surface area contributed by atoms with Gasteiger partial charge < -0.3 is 5.32 Å². The lowest BCUT2D eigenvalue weighted by Gasteiger charge is -2.14. The number of alkyl halides is 3. The molecule has 0 saturated carbocycles. The van der Waals surface area contributed by atoms with Gasteiger partial charge in [-0.05, 0) is 19.9 Å². The van der Waals surface area contributed by atoms with E-state index in [1.165, 1.54) is 6.92 Å². The maximum atomic E-state index is 12.2. The fraction of sp³-hybridized carbons (Fsp3) is 0.353. The van der Waals surface area contributed by atoms with Gasteiger partial charge in [-0.25, -0.2) is 0 Å². The molecule has 0 saturated heterocycles. The smallest absolute Gasteiger partial charge is 0.346 e. The Hall–Kier alpha value is -2.29. The molecule has 2 rings (SSSR count). The number of aryl methyl sites for hydroxylation is 1. The number of hydrogen-bond donors (Lipinski definition) is 1. The second-order valence-electron chi connectivity index (χ2n) is 5.67. The largest absolute Gasteiger partial charge is 0.405 e. The standard InChI is InChI=1S/C17H19F3N4OS/c1-4-8-24-14(13-7-5-6-11(2)9-13)22-23-16(24)26-12(3)15(25)21-10-17(18,19)20/h4-7,9,12H,1,8,10H2,2-3H3,(H,21,25). The normalized spacial score (nSPS) is 12.7. The summed E-state index contributed by atoms with van der Waals surface area (Å²) >= 11 is 1.05. The number of amides is 1. The molecule has 1 aromatic carbocycles. The first kappa shape index (κ1) is 20.0. The van der Waals surface area contributed by atoms with E-state index in [1.54, 1.807) is 10.6 Å². The van der Waals surface area contributed by atoms with Crippen molar-refractivity contribution in [3.8, 4) is 11.4 Å². The van der Waals surface area contributed by atoms with Crippen LogP contribution in [0.4, 0.5) is 13.2 Å². The van der Waals surface area contributed by atoms with E-state index >= 15 is 0 Å². The van der Waals surface area contributed by atoms with Crippen molar-refractivity contribution in [1.82, 2.24) is 20.1 Å². The average molecular weight is 384 g/mol. The molecule has 0 aliphatic heterocycles. The van der Waals surface area contributed by atoms with Crippen LogP contribution in [0.2, 0.25) is 0 Å². The van der Waals surface area contributed by atoms with Gasteiger partial charge in [0, 0.05) is 12.1 Å². The minimum atomic E-state index is -4.44. The van der Waals surface area contributed by atoms with Crippen molar-refractivity contribution in [2.45, 2.75) is 37.0 Å². The van der Waals surface area contributed by atoms with Gasteiger partial charge in [-0.1, -0.05) is 41.6 Å². The molecule has 1 N–H and O–H groups in total. The number of halogens is 3. The van der Waals surface area contributed by atoms with Crippen molar-refractivity contribution in [1.29, 1.82) is 0 Å². The van der Waals surface area contributed by atoms with Crippen molar-refractivity contribution >= 4 is 17.7 Å². The van der Waals surface area contributed by atoms with Gasteiger partial charge in [-0.3, -0.25) is 9.36 Å². The number of allylic oxidation sites excluding steroid dienone is 1. The minimum absolute atomic E-state index is 0.412. The Morgan fingerprint density at radius 3 is 2.77 bits per heavy atom. The van der Waals surface area contributed by atoms with Gasteiger partial charge in [0.2, 0.25) is 5.91 Å². The molecular formula is C17H19F3N4OS. The van der Waals surface area contributed by atoms with E-state index in [0.29, 0.717) is 17.5 Å². The van der Waals surface area contributed by atoms with Gasteiger partial charge in [0.1, 0.15) is 6.54 Å². The van der Waals surface area contributed by atoms with E-state index in [2.05, 4.69) is 16.8 Å². The summed E-state index contributed by atoms with van der Waals surface area (Å²) in [6, 6.07) is 7.71. The first-order valence-corrected chi connectivity index (χ1v) is 8.71. The molecule has 1 amide bonds. The van der Waals surface area contributed by atoms with Crippen molar-refractivity contribution < 1.29 is 18.0 Å². The molecule has 0 spiro atoms. The van der Waals surface area contributed by atoms with E-state index in [9.17, 15) is 18.0 Å². The Morgan fingerprint density at radius 2 is 2.15 bits per heavy atom. The molecule has 9 heteroatoms. The molecule has 1 atom stereocenters. The third-order valence-electron chi connectivity index (χ3n) is 3.42. The summed E-state index contributed by atoms with van der Waals surface area (Å²) in [6.45, 7) is 6.25. The predicted octanol–water partition coefficient (Wildman–Crippen LogP) is 3.60. The van der Waals surface area contributed by atoms with Crippen molar-refractivity contribution in [3.05, 3.63) is 42.5 Å². The van der Waals surface area contributed by atoms with E-state index in [1.807, 2.05) is 36.5 Å². The maximum Gasteiger partial charge on any atom is 0.405 e. The highest BCUT2D eigenvalue weighted by molar-refractivity contribution is 8.00. The monoisotopic (exact) mass is 384 g/mol. The lowest BCUT2D eigenvalue weighted by molar-refractivity contribution is -0.137. The van der Waals surface area contributed by atoms with Crippen molar-refractivity contribution in [2.75, 3.05) is 6.54 Å². The van der Waals surface area contributed by atoms with Crippen LogP contribution in [0, 0.1) is 6.92 Å². The van der Waals surface area contributed by atoms with Crippen LogP contribution in [0.5, 0.6) is 0 Å². The lowest BCUT2D eigenvalue weighted by atomic mass is 10.1. The van der Waals surface area contributed by atoms with Crippen LogP contribution in [0.3, 0.4) is 0 Å². The zero-order valence-electron chi connectivity index (χ0n) is 14.4. The molecule has 140 valence electrons. The highest BCUT2D eigenvalue weighted by atomic mass is 32.2. The molecule has 2 aromatic rings. The summed E-state index contributed by atoms with van der Waals surface area (Å²) in [5, 5.41) is 9.84. The molecule has 0 radical (unpaired) electrons. The number of benzene rings is 1. The summed E-state index contributed by atoms with van der Waals surface area (Å²) in [4.78, 5) is 11.9. The van der Waals surface area contributed by atoms with Gasteiger partial charge in [-0.2, -0.15) is 13.2 Å². The highest BCUT2D eigenvalue weighted by Gasteiger charge is 2.29. The molecule has 1 unspecified atom stereocenters. The van der Waals surface area contributed by atoms with Gasteiger partial charge in [0.05, 0.1) is 5.25 Å². The summed E-state index contributed by atoms with van der Waals surface area (Å²) < 4.78 is 38.5. The molecule has 5 nitrogen and oxygen atoms in total. The van der Waals surface area contributed by atoms with Crippen LogP contribution in [0.25, 0.3) is 11.4 Å². The summed E-state index contributed by atoms with van der Waals surface area (Å²) in [5.41, 5.74) is 1.92. The minimum Gasteiger partial charge on any atom is -0.346 e. The van der Waals surface area contributed by atoms with Crippen LogP contribution >= 0.6 is 11.8 Å². The first-order chi connectivity index (χ1) is 12.2. The fourth-order valence-electron chi connectivity index (χ4n) is 2.21. The number of nitrogens with zero attached hydrogens (tertiary/aromatic N) is 3. The molecule has 0 bridgehead atoms. The lowest BCUT2D eigenvalue weighted by Crippen LogP contribution is -2.38. The van der Waals surface area contributed by atoms with Crippen LogP contribution in [0.1, 0.15) is 12.5 Å². The molecular weight excluding hydrogens is 365 g/mol. The van der Waals surface area contributed by atoms with E-state index < -0.39 is 23.9 Å². The Labute approximate surface area is 153 Å². The van der Waals surface area contributed by atoms with Crippen molar-refractivity contribution in [2.24, 2.45) is 0 Å². The highest BCUT2D eigenvalue weighted by Crippen LogP contribution is 2.27. The number of carbonyl (C=O) groups is 1. The first-order valence-electron chi connectivity index (χ1n) is 7.83. The zero-order valence-corrected chi connectivity index (χ0v) is 15.2. The zero-order chi connectivity index (χ0) is 19.3. The third kappa shape index (κ3) is 5.35. The van der Waals surface area contributed by atoms with Crippen LogP contribution in [-0.2, 0) is 11.3 Å². The molecule has 1 heterocycles. The predicted molar refractivity (Wildman–Crippen MR) is 94.8 cm³/mol. The molecule has 0 aliphatic carbocycles. The number of hydrogen-bond acceptors (Lipinski definition) is 4. The van der Waals surface area contributed by atoms with Crippen LogP contribution < -0.4 is 5.32 Å². The van der Waals surface area contributed by atoms with Crippen LogP contribution in [-0.4, -0.2) is 38.6 Å². The van der Waals surface area contributed by atoms with Crippen LogP contribution in [0.15, 0.2) is 42.1 Å². The van der Waals surface area contributed by atoms with E-state index in [4.69, 9.17) is 0 Å². The summed E-state index contributed by atoms with van der Waals surface area (Å²) in [7, 11) is 0. The average Bonchev–Trinajstić information content (AvgIpc) is 2.95. The molecule has 26 heavy (non-hydrogen) atoms. The maximum absolute atomic E-state index is 12.2. The van der Waals surface area contributed by atoms with Gasteiger partial charge in [0.15, 0.2) is 11.0 Å². The number of aromatic nitrogens is 3. The number of rotatable bonds is 7. The Balaban J connectivity index is 2.19. The third-order valence-corrected chi connectivity index (χ3v) is 4.50. The van der Waals surface area contributed by atoms with Gasteiger partial charge >= 0.3 is 6.18 Å². The fourth-order valence-corrected chi connectivity index (χ4v) is 3.09. The van der Waals surface area contributed by atoms with E-state index in [0.717, 1.165) is 22.9 Å². The van der Waals surface area contributed by atoms with Crippen molar-refractivity contribution in [3.63, 3.8) is 0 Å². The van der Waals surface area contributed by atoms with Gasteiger partial charge in [-0.15, -0.1) is 16.8 Å². The molecule has 1 aromatic heterocycles. The SMILES string of the molecule is C=CCn1c(SC(C)C(=O)NCC(F)(F)F)nnc1-c1cccc(C)c1. The Morgan fingerprint density at radius 1 is 1.42 bits per heavy atom. The van der Waals surface area contributed by atoms with E-state index in [-0.39, 0.29) is 0 Å².